The predicted molar refractivity (Wildman–Crippen MR) is 168 cm³/mol. The first-order valence-corrected chi connectivity index (χ1v) is 17.6. The number of aryl methyl sites for hydroxylation is 2. The van der Waals surface area contributed by atoms with Crippen LogP contribution in [0, 0.1) is 11.7 Å². The number of benzene rings is 2. The molecule has 1 fully saturated rings. The van der Waals surface area contributed by atoms with E-state index in [0.29, 0.717) is 30.9 Å². The number of sulfonamides is 1. The Hall–Kier alpha value is -3.22. The van der Waals surface area contributed by atoms with Crippen molar-refractivity contribution in [1.82, 2.24) is 14.7 Å². The summed E-state index contributed by atoms with van der Waals surface area (Å²) in [6.45, 7) is 1.91. The molecule has 6 nitrogen and oxygen atoms in total. The van der Waals surface area contributed by atoms with Crippen molar-refractivity contribution in [1.29, 1.82) is 0 Å². The van der Waals surface area contributed by atoms with Gasteiger partial charge in [0.25, 0.3) is 10.0 Å². The fraction of sp³-hybridized carbons (Fsp3) is 0.424. The fourth-order valence-corrected chi connectivity index (χ4v) is 8.58. The standard InChI is InChI=1S/C33H36F4N4O2S2/c1-40-32(33(35,36)37)19-30(38-40)31-14-11-26(44-31)21-41-16-15-24-18-27(12-10-25(24)20-41)45(42,43)39-29-13-9-23(17-28(29)34)8-4-7-22-5-2-3-6-22/h9-14,17-19,22,39H,2-8,15-16,20-21H2,1H3. The third kappa shape index (κ3) is 7.44. The van der Waals surface area contributed by atoms with Gasteiger partial charge < -0.3 is 0 Å². The molecule has 0 radical (unpaired) electrons. The van der Waals surface area contributed by atoms with Gasteiger partial charge in [0.2, 0.25) is 0 Å². The van der Waals surface area contributed by atoms with Crippen LogP contribution in [-0.4, -0.2) is 29.6 Å². The molecule has 0 spiro atoms. The van der Waals surface area contributed by atoms with E-state index < -0.39 is 27.7 Å². The molecule has 2 aromatic heterocycles. The second kappa shape index (κ2) is 12.9. The number of alkyl halides is 3. The first-order chi connectivity index (χ1) is 21.4. The van der Waals surface area contributed by atoms with E-state index in [1.807, 2.05) is 6.07 Å². The number of anilines is 1. The minimum absolute atomic E-state index is 0.0610. The molecule has 1 N–H and O–H groups in total. The van der Waals surface area contributed by atoms with E-state index in [0.717, 1.165) is 57.5 Å². The van der Waals surface area contributed by atoms with Crippen molar-refractivity contribution in [3.8, 4) is 10.6 Å². The number of hydrogen-bond donors (Lipinski definition) is 1. The number of aromatic nitrogens is 2. The monoisotopic (exact) mass is 660 g/mol. The Morgan fingerprint density at radius 1 is 1.02 bits per heavy atom. The molecule has 6 rings (SSSR count). The molecule has 4 aromatic rings. The van der Waals surface area contributed by atoms with Crippen molar-refractivity contribution in [2.75, 3.05) is 11.3 Å². The smallest absolute Gasteiger partial charge is 0.294 e. The van der Waals surface area contributed by atoms with E-state index in [4.69, 9.17) is 0 Å². The fourth-order valence-electron chi connectivity index (χ4n) is 6.46. The molecule has 0 bridgehead atoms. The van der Waals surface area contributed by atoms with Gasteiger partial charge >= 0.3 is 6.18 Å². The molecule has 0 unspecified atom stereocenters. The molecule has 1 aliphatic heterocycles. The third-order valence-corrected chi connectivity index (χ3v) is 11.3. The number of thiophene rings is 1. The van der Waals surface area contributed by atoms with Gasteiger partial charge in [-0.05, 0) is 84.3 Å². The highest BCUT2D eigenvalue weighted by Crippen LogP contribution is 2.35. The van der Waals surface area contributed by atoms with Crippen molar-refractivity contribution in [2.24, 2.45) is 13.0 Å². The Bertz CT molecular complexity index is 1780. The van der Waals surface area contributed by atoms with Crippen molar-refractivity contribution in [2.45, 2.75) is 75.5 Å². The molecule has 1 aliphatic carbocycles. The van der Waals surface area contributed by atoms with Crippen LogP contribution in [0.15, 0.2) is 59.5 Å². The van der Waals surface area contributed by atoms with Crippen LogP contribution in [0.1, 0.15) is 65.8 Å². The number of hydrogen-bond acceptors (Lipinski definition) is 5. The number of rotatable bonds is 10. The summed E-state index contributed by atoms with van der Waals surface area (Å²) in [4.78, 5) is 3.97. The van der Waals surface area contributed by atoms with E-state index >= 15 is 0 Å². The number of halogens is 4. The Morgan fingerprint density at radius 2 is 1.82 bits per heavy atom. The summed E-state index contributed by atoms with van der Waals surface area (Å²) in [6.07, 6.45) is 4.31. The van der Waals surface area contributed by atoms with Crippen LogP contribution >= 0.6 is 11.3 Å². The van der Waals surface area contributed by atoms with Crippen molar-refractivity contribution in [3.63, 3.8) is 0 Å². The topological polar surface area (TPSA) is 67.2 Å². The van der Waals surface area contributed by atoms with Crippen molar-refractivity contribution in [3.05, 3.63) is 87.7 Å². The molecular weight excluding hydrogens is 625 g/mol. The Balaban J connectivity index is 1.06. The van der Waals surface area contributed by atoms with Gasteiger partial charge in [0.1, 0.15) is 17.2 Å². The van der Waals surface area contributed by atoms with Gasteiger partial charge in [-0.25, -0.2) is 12.8 Å². The van der Waals surface area contributed by atoms with Crippen LogP contribution in [-0.2, 0) is 49.2 Å². The van der Waals surface area contributed by atoms with Crippen LogP contribution in [0.25, 0.3) is 10.6 Å². The first kappa shape index (κ1) is 31.7. The third-order valence-electron chi connectivity index (χ3n) is 8.87. The summed E-state index contributed by atoms with van der Waals surface area (Å²) in [7, 11) is -2.70. The lowest BCUT2D eigenvalue weighted by atomic mass is 9.98. The second-order valence-electron chi connectivity index (χ2n) is 12.2. The van der Waals surface area contributed by atoms with Crippen LogP contribution in [0.4, 0.5) is 23.2 Å². The van der Waals surface area contributed by atoms with Crippen LogP contribution in [0.2, 0.25) is 0 Å². The van der Waals surface area contributed by atoms with E-state index in [1.165, 1.54) is 56.2 Å². The van der Waals surface area contributed by atoms with Gasteiger partial charge in [-0.3, -0.25) is 14.3 Å². The molecule has 12 heteroatoms. The van der Waals surface area contributed by atoms with E-state index in [-0.39, 0.29) is 16.3 Å². The summed E-state index contributed by atoms with van der Waals surface area (Å²) >= 11 is 1.41. The quantitative estimate of drug-likeness (QED) is 0.174. The maximum absolute atomic E-state index is 14.9. The van der Waals surface area contributed by atoms with Crippen molar-refractivity contribution < 1.29 is 26.0 Å². The van der Waals surface area contributed by atoms with E-state index in [1.54, 1.807) is 30.3 Å². The van der Waals surface area contributed by atoms with Gasteiger partial charge in [-0.15, -0.1) is 11.3 Å². The second-order valence-corrected chi connectivity index (χ2v) is 15.0. The molecule has 1 saturated carbocycles. The van der Waals surface area contributed by atoms with E-state index in [9.17, 15) is 26.0 Å². The van der Waals surface area contributed by atoms with Gasteiger partial charge in [0, 0.05) is 31.6 Å². The maximum atomic E-state index is 14.9. The van der Waals surface area contributed by atoms with Crippen LogP contribution in [0.5, 0.6) is 0 Å². The number of nitrogens with one attached hydrogen (secondary N) is 1. The highest BCUT2D eigenvalue weighted by Gasteiger charge is 2.35. The lowest BCUT2D eigenvalue weighted by molar-refractivity contribution is -0.143. The van der Waals surface area contributed by atoms with Gasteiger partial charge in [0.05, 0.1) is 15.5 Å². The molecular formula is C33H36F4N4O2S2. The Morgan fingerprint density at radius 3 is 2.56 bits per heavy atom. The minimum atomic E-state index is -4.47. The number of nitrogens with zero attached hydrogens (tertiary/aromatic N) is 3. The molecule has 240 valence electrons. The molecule has 45 heavy (non-hydrogen) atoms. The van der Waals surface area contributed by atoms with E-state index in [2.05, 4.69) is 14.7 Å². The van der Waals surface area contributed by atoms with Gasteiger partial charge in [-0.2, -0.15) is 18.3 Å². The summed E-state index contributed by atoms with van der Waals surface area (Å²) in [6, 6.07) is 14.5. The maximum Gasteiger partial charge on any atom is 0.433 e. The minimum Gasteiger partial charge on any atom is -0.294 e. The molecule has 0 amide bonds. The van der Waals surface area contributed by atoms with Crippen molar-refractivity contribution >= 4 is 27.0 Å². The molecule has 3 heterocycles. The Labute approximate surface area is 265 Å². The molecule has 2 aromatic carbocycles. The highest BCUT2D eigenvalue weighted by molar-refractivity contribution is 7.92. The average molecular weight is 661 g/mol. The average Bonchev–Trinajstić information content (AvgIpc) is 3.76. The summed E-state index contributed by atoms with van der Waals surface area (Å²) in [5, 5.41) is 4.04. The Kier molecular flexibility index (Phi) is 9.09. The zero-order chi connectivity index (χ0) is 31.8. The summed E-state index contributed by atoms with van der Waals surface area (Å²) in [5.74, 6) is 0.208. The van der Waals surface area contributed by atoms with Crippen LogP contribution < -0.4 is 4.72 Å². The predicted octanol–water partition coefficient (Wildman–Crippen LogP) is 8.18. The molecule has 2 aliphatic rings. The van der Waals surface area contributed by atoms with Gasteiger partial charge in [-0.1, -0.05) is 44.2 Å². The van der Waals surface area contributed by atoms with Gasteiger partial charge in [0.15, 0.2) is 0 Å². The first-order valence-electron chi connectivity index (χ1n) is 15.3. The zero-order valence-electron chi connectivity index (χ0n) is 25.0. The zero-order valence-corrected chi connectivity index (χ0v) is 26.7. The lowest BCUT2D eigenvalue weighted by Gasteiger charge is -2.28. The highest BCUT2D eigenvalue weighted by atomic mass is 32.2. The molecule has 0 saturated heterocycles. The summed E-state index contributed by atoms with van der Waals surface area (Å²) < 4.78 is 84.1. The summed E-state index contributed by atoms with van der Waals surface area (Å²) in [5.41, 5.74) is 2.24. The lowest BCUT2D eigenvalue weighted by Crippen LogP contribution is -2.30. The van der Waals surface area contributed by atoms with Crippen LogP contribution in [0.3, 0.4) is 0 Å². The molecule has 0 atom stereocenters. The largest absolute Gasteiger partial charge is 0.433 e. The number of fused-ring (bicyclic) bond motifs is 1. The SMILES string of the molecule is Cn1nc(-c2ccc(CN3CCc4cc(S(=O)(=O)Nc5ccc(CCCC6CCCC6)cc5F)ccc4C3)s2)cc1C(F)(F)F. The normalized spacial score (nSPS) is 16.3.